The zero-order chi connectivity index (χ0) is 15.7. The Balaban J connectivity index is 2.62. The molecule has 0 spiro atoms. The first-order valence-corrected chi connectivity index (χ1v) is 7.81. The predicted octanol–water partition coefficient (Wildman–Crippen LogP) is 3.28. The van der Waals surface area contributed by atoms with E-state index < -0.39 is 0 Å². The first kappa shape index (κ1) is 17.7. The summed E-state index contributed by atoms with van der Waals surface area (Å²) in [5, 5.41) is 3.40. The van der Waals surface area contributed by atoms with Gasteiger partial charge in [-0.1, -0.05) is 44.6 Å². The maximum atomic E-state index is 5.71. The average molecular weight is 290 g/mol. The number of likely N-dealkylation sites (N-methyl/N-ethyl adjacent to an activating group) is 2. The Morgan fingerprint density at radius 3 is 2.43 bits per heavy atom. The van der Waals surface area contributed by atoms with Gasteiger partial charge in [-0.3, -0.25) is 0 Å². The summed E-state index contributed by atoms with van der Waals surface area (Å²) < 4.78 is 5.71. The summed E-state index contributed by atoms with van der Waals surface area (Å²) in [5.41, 5.74) is 2.66. The summed E-state index contributed by atoms with van der Waals surface area (Å²) in [6.45, 7) is 10.2. The first-order chi connectivity index (χ1) is 10.0. The third-order valence-electron chi connectivity index (χ3n) is 3.36. The number of rotatable bonds is 9. The smallest absolute Gasteiger partial charge is 0.119 e. The van der Waals surface area contributed by atoms with Crippen LogP contribution in [0.1, 0.15) is 26.3 Å². The fourth-order valence-corrected chi connectivity index (χ4v) is 1.91. The summed E-state index contributed by atoms with van der Waals surface area (Å²) in [6.07, 6.45) is 2.27. The zero-order valence-corrected chi connectivity index (χ0v) is 14.1. The highest BCUT2D eigenvalue weighted by Gasteiger charge is 2.03. The van der Waals surface area contributed by atoms with Crippen LogP contribution >= 0.6 is 0 Å². The van der Waals surface area contributed by atoms with E-state index >= 15 is 0 Å². The van der Waals surface area contributed by atoms with Crippen LogP contribution < -0.4 is 10.1 Å². The Kier molecular flexibility index (Phi) is 8.09. The van der Waals surface area contributed by atoms with Crippen LogP contribution in [0.5, 0.6) is 5.75 Å². The van der Waals surface area contributed by atoms with E-state index in [-0.39, 0.29) is 0 Å². The lowest BCUT2D eigenvalue weighted by Crippen LogP contribution is -2.19. The highest BCUT2D eigenvalue weighted by atomic mass is 16.5. The third-order valence-corrected chi connectivity index (χ3v) is 3.36. The molecule has 0 bridgehead atoms. The van der Waals surface area contributed by atoms with E-state index in [0.29, 0.717) is 5.92 Å². The van der Waals surface area contributed by atoms with Gasteiger partial charge >= 0.3 is 0 Å². The van der Waals surface area contributed by atoms with Crippen LogP contribution in [0.15, 0.2) is 29.8 Å². The van der Waals surface area contributed by atoms with Crippen molar-refractivity contribution in [3.05, 3.63) is 35.4 Å². The van der Waals surface area contributed by atoms with Gasteiger partial charge in [0.2, 0.25) is 0 Å². The van der Waals surface area contributed by atoms with Crippen LogP contribution in [0.4, 0.5) is 0 Å². The maximum Gasteiger partial charge on any atom is 0.119 e. The van der Waals surface area contributed by atoms with Crippen molar-refractivity contribution in [2.75, 3.05) is 40.3 Å². The number of hydrogen-bond donors (Lipinski definition) is 1. The topological polar surface area (TPSA) is 24.5 Å². The Morgan fingerprint density at radius 2 is 1.90 bits per heavy atom. The van der Waals surface area contributed by atoms with E-state index in [1.54, 1.807) is 0 Å². The first-order valence-electron chi connectivity index (χ1n) is 7.81. The summed E-state index contributed by atoms with van der Waals surface area (Å²) in [7, 11) is 4.10. The molecule has 0 aromatic heterocycles. The SMILES string of the molecule is CCNCC(=Cc1ccc(OCCN(C)C)cc1)C(C)C. The van der Waals surface area contributed by atoms with Crippen LogP contribution in [-0.2, 0) is 0 Å². The minimum Gasteiger partial charge on any atom is -0.492 e. The summed E-state index contributed by atoms with van der Waals surface area (Å²) in [5.74, 6) is 1.49. The van der Waals surface area contributed by atoms with Gasteiger partial charge in [0.05, 0.1) is 0 Å². The van der Waals surface area contributed by atoms with E-state index in [2.05, 4.69) is 63.3 Å². The molecule has 1 rings (SSSR count). The van der Waals surface area contributed by atoms with Gasteiger partial charge in [-0.2, -0.15) is 0 Å². The molecule has 0 aliphatic rings. The highest BCUT2D eigenvalue weighted by molar-refractivity contribution is 5.54. The Morgan fingerprint density at radius 1 is 1.24 bits per heavy atom. The van der Waals surface area contributed by atoms with Crippen molar-refractivity contribution < 1.29 is 4.74 Å². The van der Waals surface area contributed by atoms with Crippen LogP contribution in [0, 0.1) is 5.92 Å². The monoisotopic (exact) mass is 290 g/mol. The van der Waals surface area contributed by atoms with Crippen LogP contribution in [-0.4, -0.2) is 45.2 Å². The van der Waals surface area contributed by atoms with E-state index in [0.717, 1.165) is 32.0 Å². The molecule has 1 N–H and O–H groups in total. The van der Waals surface area contributed by atoms with Gasteiger partial charge in [-0.15, -0.1) is 0 Å². The molecular weight excluding hydrogens is 260 g/mol. The van der Waals surface area contributed by atoms with Crippen molar-refractivity contribution >= 4 is 6.08 Å². The van der Waals surface area contributed by atoms with Crippen molar-refractivity contribution in [2.24, 2.45) is 5.92 Å². The summed E-state index contributed by atoms with van der Waals surface area (Å²) >= 11 is 0. The normalized spacial score (nSPS) is 12.2. The van der Waals surface area contributed by atoms with Gasteiger partial charge in [0.25, 0.3) is 0 Å². The van der Waals surface area contributed by atoms with Gasteiger partial charge in [0.1, 0.15) is 12.4 Å². The number of nitrogens with zero attached hydrogens (tertiary/aromatic N) is 1. The third kappa shape index (κ3) is 7.30. The molecular formula is C18H30N2O. The standard InChI is InChI=1S/C18H30N2O/c1-6-19-14-17(15(2)3)13-16-7-9-18(10-8-16)21-12-11-20(4)5/h7-10,13,15,19H,6,11-12,14H2,1-5H3. The fraction of sp³-hybridized carbons (Fsp3) is 0.556. The van der Waals surface area contributed by atoms with E-state index in [9.17, 15) is 0 Å². The molecule has 1 aromatic rings. The minimum absolute atomic E-state index is 0.556. The van der Waals surface area contributed by atoms with Crippen molar-refractivity contribution in [2.45, 2.75) is 20.8 Å². The second kappa shape index (κ2) is 9.59. The van der Waals surface area contributed by atoms with E-state index in [4.69, 9.17) is 4.74 Å². The Bertz CT molecular complexity index is 421. The van der Waals surface area contributed by atoms with Crippen molar-refractivity contribution in [1.29, 1.82) is 0 Å². The molecule has 0 aliphatic carbocycles. The fourth-order valence-electron chi connectivity index (χ4n) is 1.91. The van der Waals surface area contributed by atoms with Gasteiger partial charge in [-0.05, 0) is 44.3 Å². The molecule has 0 radical (unpaired) electrons. The van der Waals surface area contributed by atoms with Gasteiger partial charge in [0.15, 0.2) is 0 Å². The zero-order valence-electron chi connectivity index (χ0n) is 14.1. The molecule has 1 aromatic carbocycles. The van der Waals surface area contributed by atoms with Crippen LogP contribution in [0.2, 0.25) is 0 Å². The van der Waals surface area contributed by atoms with Gasteiger partial charge < -0.3 is 15.0 Å². The molecule has 0 aliphatic heterocycles. The van der Waals surface area contributed by atoms with Crippen molar-refractivity contribution in [3.8, 4) is 5.75 Å². The van der Waals surface area contributed by atoms with Crippen molar-refractivity contribution in [3.63, 3.8) is 0 Å². The van der Waals surface area contributed by atoms with Crippen LogP contribution in [0.25, 0.3) is 6.08 Å². The summed E-state index contributed by atoms with van der Waals surface area (Å²) in [4.78, 5) is 2.12. The molecule has 0 saturated carbocycles. The molecule has 0 fully saturated rings. The lowest BCUT2D eigenvalue weighted by molar-refractivity contribution is 0.261. The maximum absolute atomic E-state index is 5.71. The number of nitrogens with one attached hydrogen (secondary N) is 1. The second-order valence-corrected chi connectivity index (χ2v) is 5.88. The average Bonchev–Trinajstić information content (AvgIpc) is 2.44. The van der Waals surface area contributed by atoms with Crippen molar-refractivity contribution in [1.82, 2.24) is 10.2 Å². The molecule has 0 saturated heterocycles. The van der Waals surface area contributed by atoms with Crippen LogP contribution in [0.3, 0.4) is 0 Å². The quantitative estimate of drug-likeness (QED) is 0.755. The molecule has 118 valence electrons. The molecule has 3 nitrogen and oxygen atoms in total. The van der Waals surface area contributed by atoms with Gasteiger partial charge in [-0.25, -0.2) is 0 Å². The number of ether oxygens (including phenoxy) is 1. The van der Waals surface area contributed by atoms with E-state index in [1.165, 1.54) is 11.1 Å². The molecule has 21 heavy (non-hydrogen) atoms. The minimum atomic E-state index is 0.556. The molecule has 0 unspecified atom stereocenters. The Hall–Kier alpha value is -1.32. The lowest BCUT2D eigenvalue weighted by atomic mass is 10.00. The molecule has 0 atom stereocenters. The lowest BCUT2D eigenvalue weighted by Gasteiger charge is -2.13. The molecule has 0 amide bonds. The van der Waals surface area contributed by atoms with Gasteiger partial charge in [0, 0.05) is 13.1 Å². The predicted molar refractivity (Wildman–Crippen MR) is 91.8 cm³/mol. The highest BCUT2D eigenvalue weighted by Crippen LogP contribution is 2.17. The largest absolute Gasteiger partial charge is 0.492 e. The second-order valence-electron chi connectivity index (χ2n) is 5.88. The molecule has 0 heterocycles. The Labute approximate surface area is 130 Å². The summed E-state index contributed by atoms with van der Waals surface area (Å²) in [6, 6.07) is 8.35. The van der Waals surface area contributed by atoms with E-state index in [1.807, 2.05) is 12.1 Å². The molecule has 3 heteroatoms. The number of benzene rings is 1. The number of hydrogen-bond acceptors (Lipinski definition) is 3.